The third kappa shape index (κ3) is 6.40. The third-order valence-electron chi connectivity index (χ3n) is 3.97. The highest BCUT2D eigenvalue weighted by Crippen LogP contribution is 2.19. The predicted molar refractivity (Wildman–Crippen MR) is 81.4 cm³/mol. The molecule has 2 amide bonds. The Morgan fingerprint density at radius 1 is 0.850 bits per heavy atom. The van der Waals surface area contributed by atoms with Crippen LogP contribution < -0.4 is 10.6 Å². The topological polar surface area (TPSA) is 58.2 Å². The second-order valence-electron chi connectivity index (χ2n) is 5.84. The summed E-state index contributed by atoms with van der Waals surface area (Å²) in [5.74, 6) is 0.262. The van der Waals surface area contributed by atoms with Crippen molar-refractivity contribution in [3.8, 4) is 0 Å². The molecule has 20 heavy (non-hydrogen) atoms. The monoisotopic (exact) mass is 282 g/mol. The number of amides is 2. The van der Waals surface area contributed by atoms with E-state index in [0.29, 0.717) is 12.8 Å². The molecule has 0 radical (unpaired) electrons. The first-order chi connectivity index (χ1) is 9.67. The molecule has 1 aliphatic carbocycles. The predicted octanol–water partition coefficient (Wildman–Crippen LogP) is 2.91. The fourth-order valence-electron chi connectivity index (χ4n) is 2.71. The van der Waals surface area contributed by atoms with Gasteiger partial charge in [0.2, 0.25) is 11.8 Å². The SMILES string of the molecule is CCCCC(=O)N[C@H]1CCCC[C@H]1NC(=O)CCCC. The van der Waals surface area contributed by atoms with Gasteiger partial charge in [0.25, 0.3) is 0 Å². The van der Waals surface area contributed by atoms with E-state index in [9.17, 15) is 9.59 Å². The number of rotatable bonds is 8. The first kappa shape index (κ1) is 17.0. The summed E-state index contributed by atoms with van der Waals surface area (Å²) in [4.78, 5) is 23.7. The van der Waals surface area contributed by atoms with Crippen LogP contribution in [0.1, 0.15) is 78.1 Å². The molecule has 0 aromatic carbocycles. The lowest BCUT2D eigenvalue weighted by molar-refractivity contribution is -0.125. The Morgan fingerprint density at radius 3 is 1.60 bits per heavy atom. The Hall–Kier alpha value is -1.06. The van der Waals surface area contributed by atoms with Gasteiger partial charge in [0.1, 0.15) is 0 Å². The smallest absolute Gasteiger partial charge is 0.220 e. The van der Waals surface area contributed by atoms with E-state index < -0.39 is 0 Å². The standard InChI is InChI=1S/C16H30N2O2/c1-3-5-11-15(19)17-13-9-7-8-10-14(13)18-16(20)12-6-4-2/h13-14H,3-12H2,1-2H3,(H,17,19)(H,18,20)/t13-,14+. The highest BCUT2D eigenvalue weighted by atomic mass is 16.2. The maximum absolute atomic E-state index is 11.8. The van der Waals surface area contributed by atoms with Crippen molar-refractivity contribution in [2.24, 2.45) is 0 Å². The van der Waals surface area contributed by atoms with Crippen LogP contribution in [0.15, 0.2) is 0 Å². The second-order valence-corrected chi connectivity index (χ2v) is 5.84. The van der Waals surface area contributed by atoms with Crippen molar-refractivity contribution in [1.82, 2.24) is 10.6 Å². The van der Waals surface area contributed by atoms with Crippen LogP contribution in [-0.2, 0) is 9.59 Å². The fourth-order valence-corrected chi connectivity index (χ4v) is 2.71. The molecule has 2 N–H and O–H groups in total. The fraction of sp³-hybridized carbons (Fsp3) is 0.875. The molecule has 1 fully saturated rings. The summed E-state index contributed by atoms with van der Waals surface area (Å²) in [5.41, 5.74) is 0. The minimum absolute atomic E-state index is 0.124. The average Bonchev–Trinajstić information content (AvgIpc) is 2.45. The molecule has 116 valence electrons. The van der Waals surface area contributed by atoms with Gasteiger partial charge in [-0.2, -0.15) is 0 Å². The number of carbonyl (C=O) groups excluding carboxylic acids is 2. The first-order valence-electron chi connectivity index (χ1n) is 8.26. The van der Waals surface area contributed by atoms with Crippen LogP contribution in [0.2, 0.25) is 0 Å². The van der Waals surface area contributed by atoms with Gasteiger partial charge in [-0.3, -0.25) is 9.59 Å². The number of nitrogens with one attached hydrogen (secondary N) is 2. The van der Waals surface area contributed by atoms with Gasteiger partial charge in [0.15, 0.2) is 0 Å². The van der Waals surface area contributed by atoms with Gasteiger partial charge in [0, 0.05) is 24.9 Å². The zero-order chi connectivity index (χ0) is 14.8. The molecule has 0 unspecified atom stereocenters. The quantitative estimate of drug-likeness (QED) is 0.719. The maximum atomic E-state index is 11.8. The molecule has 0 bridgehead atoms. The van der Waals surface area contributed by atoms with Gasteiger partial charge >= 0.3 is 0 Å². The Bertz CT molecular complexity index is 275. The number of hydrogen-bond donors (Lipinski definition) is 2. The van der Waals surface area contributed by atoms with E-state index in [2.05, 4.69) is 24.5 Å². The maximum Gasteiger partial charge on any atom is 0.220 e. The summed E-state index contributed by atoms with van der Waals surface area (Å²) in [6.45, 7) is 4.18. The van der Waals surface area contributed by atoms with Gasteiger partial charge in [0.05, 0.1) is 0 Å². The minimum atomic E-state index is 0.124. The van der Waals surface area contributed by atoms with Crippen molar-refractivity contribution >= 4 is 11.8 Å². The lowest BCUT2D eigenvalue weighted by Gasteiger charge is -2.33. The molecular weight excluding hydrogens is 252 g/mol. The molecule has 0 aromatic rings. The van der Waals surface area contributed by atoms with Crippen molar-refractivity contribution in [2.45, 2.75) is 90.1 Å². The zero-order valence-corrected chi connectivity index (χ0v) is 13.0. The van der Waals surface area contributed by atoms with Crippen molar-refractivity contribution in [3.05, 3.63) is 0 Å². The minimum Gasteiger partial charge on any atom is -0.351 e. The summed E-state index contributed by atoms with van der Waals surface area (Å²) < 4.78 is 0. The van der Waals surface area contributed by atoms with Crippen molar-refractivity contribution < 1.29 is 9.59 Å². The van der Waals surface area contributed by atoms with Gasteiger partial charge in [-0.05, 0) is 25.7 Å². The Kier molecular flexibility index (Phi) is 8.31. The normalized spacial score (nSPS) is 22.3. The van der Waals surface area contributed by atoms with E-state index in [4.69, 9.17) is 0 Å². The highest BCUT2D eigenvalue weighted by Gasteiger charge is 2.27. The van der Waals surface area contributed by atoms with E-state index in [-0.39, 0.29) is 23.9 Å². The molecule has 4 heteroatoms. The molecule has 0 saturated heterocycles. The molecule has 1 rings (SSSR count). The zero-order valence-electron chi connectivity index (χ0n) is 13.0. The van der Waals surface area contributed by atoms with Gasteiger partial charge in [-0.15, -0.1) is 0 Å². The van der Waals surface area contributed by atoms with Crippen LogP contribution >= 0.6 is 0 Å². The molecule has 0 heterocycles. The highest BCUT2D eigenvalue weighted by molar-refractivity contribution is 5.77. The average molecular weight is 282 g/mol. The van der Waals surface area contributed by atoms with Crippen molar-refractivity contribution in [1.29, 1.82) is 0 Å². The van der Waals surface area contributed by atoms with Crippen molar-refractivity contribution in [2.75, 3.05) is 0 Å². The van der Waals surface area contributed by atoms with Gasteiger partial charge in [-0.1, -0.05) is 39.5 Å². The molecule has 0 aromatic heterocycles. The van der Waals surface area contributed by atoms with Gasteiger partial charge in [-0.25, -0.2) is 0 Å². The Morgan fingerprint density at radius 2 is 1.25 bits per heavy atom. The van der Waals surface area contributed by atoms with Crippen LogP contribution in [-0.4, -0.2) is 23.9 Å². The molecular formula is C16H30N2O2. The van der Waals surface area contributed by atoms with E-state index in [1.54, 1.807) is 0 Å². The summed E-state index contributed by atoms with van der Waals surface area (Å²) in [6.07, 6.45) is 9.39. The van der Waals surface area contributed by atoms with E-state index in [1.165, 1.54) is 0 Å². The first-order valence-corrected chi connectivity index (χ1v) is 8.26. The van der Waals surface area contributed by atoms with E-state index >= 15 is 0 Å². The molecule has 4 nitrogen and oxygen atoms in total. The lowest BCUT2D eigenvalue weighted by atomic mass is 9.90. The Labute approximate surface area is 123 Å². The summed E-state index contributed by atoms with van der Waals surface area (Å²) in [7, 11) is 0. The van der Waals surface area contributed by atoms with Crippen molar-refractivity contribution in [3.63, 3.8) is 0 Å². The van der Waals surface area contributed by atoms with Crippen LogP contribution in [0.5, 0.6) is 0 Å². The van der Waals surface area contributed by atoms with Crippen LogP contribution in [0, 0.1) is 0 Å². The summed E-state index contributed by atoms with van der Waals surface area (Å²) >= 11 is 0. The largest absolute Gasteiger partial charge is 0.351 e. The summed E-state index contributed by atoms with van der Waals surface area (Å²) in [5, 5.41) is 6.22. The second kappa shape index (κ2) is 9.78. The van der Waals surface area contributed by atoms with Gasteiger partial charge < -0.3 is 10.6 Å². The lowest BCUT2D eigenvalue weighted by Crippen LogP contribution is -2.53. The van der Waals surface area contributed by atoms with Crippen LogP contribution in [0.3, 0.4) is 0 Å². The van der Waals surface area contributed by atoms with E-state index in [1.807, 2.05) is 0 Å². The Balaban J connectivity index is 2.41. The van der Waals surface area contributed by atoms with Crippen LogP contribution in [0.25, 0.3) is 0 Å². The molecule has 0 aliphatic heterocycles. The van der Waals surface area contributed by atoms with Crippen LogP contribution in [0.4, 0.5) is 0 Å². The molecule has 1 aliphatic rings. The summed E-state index contributed by atoms with van der Waals surface area (Å²) in [6, 6.07) is 0.248. The number of carbonyl (C=O) groups is 2. The van der Waals surface area contributed by atoms with E-state index in [0.717, 1.165) is 51.4 Å². The molecule has 2 atom stereocenters. The molecule has 0 spiro atoms. The number of unbranched alkanes of at least 4 members (excludes halogenated alkanes) is 2. The third-order valence-corrected chi connectivity index (χ3v) is 3.97. The molecule has 1 saturated carbocycles. The number of hydrogen-bond acceptors (Lipinski definition) is 2.